The average Bonchev–Trinajstić information content (AvgIpc) is 2.76. The molecule has 2 rings (SSSR count). The van der Waals surface area contributed by atoms with Crippen molar-refractivity contribution in [2.45, 2.75) is 57.4 Å². The second kappa shape index (κ2) is 5.90. The number of hydrogen-bond donors (Lipinski definition) is 2. The van der Waals surface area contributed by atoms with E-state index in [1.54, 1.807) is 4.90 Å². The van der Waals surface area contributed by atoms with Crippen molar-refractivity contribution in [2.24, 2.45) is 11.1 Å². The van der Waals surface area contributed by atoms with Gasteiger partial charge in [-0.15, -0.1) is 0 Å². The molecule has 1 amide bonds. The fourth-order valence-electron chi connectivity index (χ4n) is 3.48. The third kappa shape index (κ3) is 2.76. The van der Waals surface area contributed by atoms with Gasteiger partial charge in [-0.1, -0.05) is 25.7 Å². The average molecular weight is 268 g/mol. The van der Waals surface area contributed by atoms with E-state index in [0.29, 0.717) is 19.5 Å². The number of likely N-dealkylation sites (tertiary alicyclic amines) is 1. The maximum absolute atomic E-state index is 12.8. The molecule has 1 saturated carbocycles. The topological polar surface area (TPSA) is 83.6 Å². The van der Waals surface area contributed by atoms with Crippen LogP contribution in [-0.2, 0) is 9.59 Å². The monoisotopic (exact) mass is 268 g/mol. The van der Waals surface area contributed by atoms with Crippen molar-refractivity contribution in [1.29, 1.82) is 0 Å². The Morgan fingerprint density at radius 2 is 1.79 bits per heavy atom. The third-order valence-electron chi connectivity index (χ3n) is 4.70. The van der Waals surface area contributed by atoms with E-state index in [0.717, 1.165) is 44.9 Å². The van der Waals surface area contributed by atoms with Gasteiger partial charge in [-0.05, 0) is 25.7 Å². The number of carboxylic acids is 1. The van der Waals surface area contributed by atoms with E-state index in [4.69, 9.17) is 5.73 Å². The SMILES string of the molecule is NCC1(C(=O)N2CCC[C@@H]2C(=O)O)CCCCCC1. The molecule has 0 bridgehead atoms. The summed E-state index contributed by atoms with van der Waals surface area (Å²) in [7, 11) is 0. The smallest absolute Gasteiger partial charge is 0.326 e. The second-order valence-electron chi connectivity index (χ2n) is 5.89. The van der Waals surface area contributed by atoms with E-state index in [1.165, 1.54) is 0 Å². The molecule has 2 fully saturated rings. The van der Waals surface area contributed by atoms with E-state index in [1.807, 2.05) is 0 Å². The Labute approximate surface area is 114 Å². The van der Waals surface area contributed by atoms with Crippen LogP contribution in [0, 0.1) is 5.41 Å². The Morgan fingerprint density at radius 3 is 2.32 bits per heavy atom. The first kappa shape index (κ1) is 14.3. The van der Waals surface area contributed by atoms with Gasteiger partial charge in [0.15, 0.2) is 0 Å². The number of hydrogen-bond acceptors (Lipinski definition) is 3. The molecule has 19 heavy (non-hydrogen) atoms. The number of rotatable bonds is 3. The molecule has 1 aliphatic carbocycles. The molecule has 3 N–H and O–H groups in total. The number of carbonyl (C=O) groups is 2. The number of aliphatic carboxylic acids is 1. The normalized spacial score (nSPS) is 27.0. The second-order valence-corrected chi connectivity index (χ2v) is 5.89. The highest BCUT2D eigenvalue weighted by molar-refractivity contribution is 5.88. The lowest BCUT2D eigenvalue weighted by Gasteiger charge is -2.35. The summed E-state index contributed by atoms with van der Waals surface area (Å²) in [6, 6.07) is -0.640. The molecule has 1 aliphatic heterocycles. The Hall–Kier alpha value is -1.10. The van der Waals surface area contributed by atoms with Crippen LogP contribution in [0.1, 0.15) is 51.4 Å². The van der Waals surface area contributed by atoms with Crippen molar-refractivity contribution in [2.75, 3.05) is 13.1 Å². The van der Waals surface area contributed by atoms with Crippen LogP contribution in [0.15, 0.2) is 0 Å². The Kier molecular flexibility index (Phi) is 4.45. The zero-order valence-corrected chi connectivity index (χ0v) is 11.4. The van der Waals surface area contributed by atoms with Crippen LogP contribution in [0.5, 0.6) is 0 Å². The minimum atomic E-state index is -0.883. The first-order valence-corrected chi connectivity index (χ1v) is 7.35. The summed E-state index contributed by atoms with van der Waals surface area (Å²) >= 11 is 0. The molecule has 0 aromatic heterocycles. The molecule has 1 saturated heterocycles. The largest absolute Gasteiger partial charge is 0.480 e. The standard InChI is InChI=1S/C14H24N2O3/c15-10-14(7-3-1-2-4-8-14)13(19)16-9-5-6-11(16)12(17)18/h11H,1-10,15H2,(H,17,18)/t11-/m1/s1. The summed E-state index contributed by atoms with van der Waals surface area (Å²) in [5, 5.41) is 9.22. The summed E-state index contributed by atoms with van der Waals surface area (Å²) in [5.74, 6) is -0.895. The van der Waals surface area contributed by atoms with Gasteiger partial charge in [0.05, 0.1) is 5.41 Å². The Balaban J connectivity index is 2.17. The van der Waals surface area contributed by atoms with Crippen molar-refractivity contribution in [1.82, 2.24) is 4.90 Å². The van der Waals surface area contributed by atoms with Gasteiger partial charge >= 0.3 is 5.97 Å². The van der Waals surface area contributed by atoms with Gasteiger partial charge in [0.25, 0.3) is 0 Å². The van der Waals surface area contributed by atoms with Crippen LogP contribution < -0.4 is 5.73 Å². The van der Waals surface area contributed by atoms with Gasteiger partial charge in [0.2, 0.25) is 5.91 Å². The molecule has 5 heteroatoms. The summed E-state index contributed by atoms with van der Waals surface area (Å²) in [5.41, 5.74) is 5.40. The van der Waals surface area contributed by atoms with E-state index in [9.17, 15) is 14.7 Å². The van der Waals surface area contributed by atoms with E-state index >= 15 is 0 Å². The van der Waals surface area contributed by atoms with Crippen molar-refractivity contribution < 1.29 is 14.7 Å². The maximum atomic E-state index is 12.8. The highest BCUT2D eigenvalue weighted by Crippen LogP contribution is 2.37. The van der Waals surface area contributed by atoms with Crippen LogP contribution in [0.4, 0.5) is 0 Å². The fourth-order valence-corrected chi connectivity index (χ4v) is 3.48. The number of carbonyl (C=O) groups excluding carboxylic acids is 1. The predicted octanol–water partition coefficient (Wildman–Crippen LogP) is 1.36. The predicted molar refractivity (Wildman–Crippen MR) is 71.6 cm³/mol. The van der Waals surface area contributed by atoms with E-state index < -0.39 is 17.4 Å². The van der Waals surface area contributed by atoms with Crippen molar-refractivity contribution in [3.8, 4) is 0 Å². The highest BCUT2D eigenvalue weighted by atomic mass is 16.4. The molecule has 0 spiro atoms. The van der Waals surface area contributed by atoms with Gasteiger partial charge in [-0.2, -0.15) is 0 Å². The summed E-state index contributed by atoms with van der Waals surface area (Å²) < 4.78 is 0. The molecule has 0 unspecified atom stereocenters. The Bertz CT molecular complexity index is 349. The van der Waals surface area contributed by atoms with Crippen molar-refractivity contribution in [3.05, 3.63) is 0 Å². The molecule has 0 aromatic carbocycles. The lowest BCUT2D eigenvalue weighted by molar-refractivity contribution is -0.153. The molecule has 1 heterocycles. The van der Waals surface area contributed by atoms with E-state index in [-0.39, 0.29) is 5.91 Å². The minimum Gasteiger partial charge on any atom is -0.480 e. The van der Waals surface area contributed by atoms with Gasteiger partial charge < -0.3 is 15.7 Å². The Morgan fingerprint density at radius 1 is 1.16 bits per heavy atom. The van der Waals surface area contributed by atoms with Crippen LogP contribution in [0.25, 0.3) is 0 Å². The summed E-state index contributed by atoms with van der Waals surface area (Å²) in [6.07, 6.45) is 7.32. The molecular formula is C14H24N2O3. The third-order valence-corrected chi connectivity index (χ3v) is 4.70. The number of nitrogens with two attached hydrogens (primary N) is 1. The molecule has 108 valence electrons. The van der Waals surface area contributed by atoms with Crippen molar-refractivity contribution >= 4 is 11.9 Å². The zero-order chi connectivity index (χ0) is 13.9. The number of nitrogens with zero attached hydrogens (tertiary/aromatic N) is 1. The molecular weight excluding hydrogens is 244 g/mol. The first-order chi connectivity index (χ1) is 9.10. The fraction of sp³-hybridized carbons (Fsp3) is 0.857. The van der Waals surface area contributed by atoms with E-state index in [2.05, 4.69) is 0 Å². The lowest BCUT2D eigenvalue weighted by atomic mass is 9.79. The number of carboxylic acid groups (broad SMARTS) is 1. The lowest BCUT2D eigenvalue weighted by Crippen LogP contribution is -2.51. The quantitative estimate of drug-likeness (QED) is 0.757. The van der Waals surface area contributed by atoms with Crippen LogP contribution in [0.3, 0.4) is 0 Å². The molecule has 0 aromatic rings. The summed E-state index contributed by atoms with van der Waals surface area (Å²) in [4.78, 5) is 25.6. The van der Waals surface area contributed by atoms with Gasteiger partial charge in [-0.3, -0.25) is 4.79 Å². The minimum absolute atomic E-state index is 0.0122. The maximum Gasteiger partial charge on any atom is 0.326 e. The van der Waals surface area contributed by atoms with Crippen LogP contribution in [-0.4, -0.2) is 41.0 Å². The van der Waals surface area contributed by atoms with Crippen LogP contribution in [0.2, 0.25) is 0 Å². The molecule has 5 nitrogen and oxygen atoms in total. The molecule has 1 atom stereocenters. The van der Waals surface area contributed by atoms with Gasteiger partial charge in [-0.25, -0.2) is 4.79 Å². The van der Waals surface area contributed by atoms with Gasteiger partial charge in [0.1, 0.15) is 6.04 Å². The first-order valence-electron chi connectivity index (χ1n) is 7.35. The molecule has 0 radical (unpaired) electrons. The van der Waals surface area contributed by atoms with Crippen molar-refractivity contribution in [3.63, 3.8) is 0 Å². The van der Waals surface area contributed by atoms with Gasteiger partial charge in [0, 0.05) is 13.1 Å². The van der Waals surface area contributed by atoms with Crippen LogP contribution >= 0.6 is 0 Å². The zero-order valence-electron chi connectivity index (χ0n) is 11.4. The molecule has 2 aliphatic rings. The number of amides is 1. The highest BCUT2D eigenvalue weighted by Gasteiger charge is 2.44. The summed E-state index contributed by atoms with van der Waals surface area (Å²) in [6.45, 7) is 0.909.